The first-order valence-electron chi connectivity index (χ1n) is 12.6. The zero-order valence-corrected chi connectivity index (χ0v) is 22.1. The van der Waals surface area contributed by atoms with E-state index in [0.29, 0.717) is 35.9 Å². The van der Waals surface area contributed by atoms with E-state index in [1.54, 1.807) is 29.2 Å². The number of nitrogens with zero attached hydrogens (tertiary/aromatic N) is 3. The van der Waals surface area contributed by atoms with Crippen molar-refractivity contribution in [2.45, 2.75) is 39.2 Å². The number of carbonyl (C=O) groups is 2. The first kappa shape index (κ1) is 30.3. The summed E-state index contributed by atoms with van der Waals surface area (Å²) in [5.74, 6) is -0.423. The molecule has 9 nitrogen and oxygen atoms in total. The van der Waals surface area contributed by atoms with Gasteiger partial charge in [0.2, 0.25) is 17.7 Å². The molecule has 40 heavy (non-hydrogen) atoms. The average molecular weight is 564 g/mol. The number of hydrogen-bond acceptors (Lipinski definition) is 6. The molecule has 10 heteroatoms. The number of aliphatic hydroxyl groups is 1. The van der Waals surface area contributed by atoms with Crippen molar-refractivity contribution in [1.29, 1.82) is 0 Å². The van der Waals surface area contributed by atoms with Crippen molar-refractivity contribution in [1.82, 2.24) is 20.1 Å². The topological polar surface area (TPSA) is 132 Å². The summed E-state index contributed by atoms with van der Waals surface area (Å²) in [5.41, 5.74) is 9.30. The first-order valence-corrected chi connectivity index (χ1v) is 13.0. The number of hydrogen-bond donors (Lipinski definition) is 3. The number of pyridine rings is 1. The molecule has 0 aliphatic heterocycles. The predicted octanol–water partition coefficient (Wildman–Crippen LogP) is 4.13. The van der Waals surface area contributed by atoms with Crippen molar-refractivity contribution >= 4 is 23.4 Å². The summed E-state index contributed by atoms with van der Waals surface area (Å²) in [4.78, 5) is 28.7. The van der Waals surface area contributed by atoms with E-state index in [0.717, 1.165) is 22.4 Å². The molecule has 0 unspecified atom stereocenters. The number of aliphatic hydroxyl groups excluding tert-OH is 1. The van der Waals surface area contributed by atoms with Crippen molar-refractivity contribution < 1.29 is 19.4 Å². The molecular formula is C30H34ClN5O4. The van der Waals surface area contributed by atoms with Gasteiger partial charge < -0.3 is 20.9 Å². The van der Waals surface area contributed by atoms with Crippen molar-refractivity contribution in [2.24, 2.45) is 5.73 Å². The molecule has 1 atom stereocenters. The second-order valence-corrected chi connectivity index (χ2v) is 9.34. The monoisotopic (exact) mass is 563 g/mol. The number of amides is 2. The summed E-state index contributed by atoms with van der Waals surface area (Å²) in [6.07, 6.45) is 4.53. The van der Waals surface area contributed by atoms with Gasteiger partial charge in [0.15, 0.2) is 0 Å². The number of aromatic nitrogens is 3. The lowest BCUT2D eigenvalue weighted by molar-refractivity contribution is -0.127. The van der Waals surface area contributed by atoms with E-state index in [1.165, 1.54) is 0 Å². The normalized spacial score (nSPS) is 11.3. The highest BCUT2D eigenvalue weighted by atomic mass is 35.5. The van der Waals surface area contributed by atoms with Crippen LogP contribution in [-0.4, -0.2) is 50.9 Å². The minimum atomic E-state index is -0.801. The van der Waals surface area contributed by atoms with Gasteiger partial charge in [0, 0.05) is 54.4 Å². The Kier molecular flexibility index (Phi) is 11.2. The van der Waals surface area contributed by atoms with E-state index in [2.05, 4.69) is 10.3 Å². The lowest BCUT2D eigenvalue weighted by Gasteiger charge is -2.16. The average Bonchev–Trinajstić information content (AvgIpc) is 3.30. The van der Waals surface area contributed by atoms with Crippen LogP contribution in [0.2, 0.25) is 5.02 Å². The van der Waals surface area contributed by atoms with Crippen LogP contribution in [0.3, 0.4) is 0 Å². The third-order valence-corrected chi connectivity index (χ3v) is 6.30. The fourth-order valence-electron chi connectivity index (χ4n) is 4.15. The van der Waals surface area contributed by atoms with E-state index in [1.807, 2.05) is 54.6 Å². The van der Waals surface area contributed by atoms with Crippen LogP contribution in [0.25, 0.3) is 16.9 Å². The highest BCUT2D eigenvalue weighted by Gasteiger charge is 2.22. The van der Waals surface area contributed by atoms with Gasteiger partial charge in [0.05, 0.1) is 12.3 Å². The van der Waals surface area contributed by atoms with E-state index >= 15 is 0 Å². The summed E-state index contributed by atoms with van der Waals surface area (Å²) in [6, 6.07) is 19.4. The Morgan fingerprint density at radius 3 is 2.48 bits per heavy atom. The molecule has 4 N–H and O–H groups in total. The molecule has 4 rings (SSSR count). The number of rotatable bonds is 13. The smallest absolute Gasteiger partial charge is 0.240 e. The molecule has 2 aromatic carbocycles. The van der Waals surface area contributed by atoms with Gasteiger partial charge in [-0.1, -0.05) is 49.4 Å². The summed E-state index contributed by atoms with van der Waals surface area (Å²) < 4.78 is 7.83. The van der Waals surface area contributed by atoms with Crippen LogP contribution in [0.15, 0.2) is 79.1 Å². The van der Waals surface area contributed by atoms with Crippen molar-refractivity contribution in [2.75, 3.05) is 13.2 Å². The standard InChI is InChI=1S/C29H30ClN5O4.CH4/c30-22-10-12-23(13-11-22)35-29(24(14-16-36)27(34-35)21-8-4-15-32-19-21)39-17-5-9-26(37)33-25(28(31)38)18-20-6-2-1-3-7-20;/h1-4,6-8,10-13,15,19,25,36H,5,9,14,16-18H2,(H2,31,38)(H,33,37);1H4/t25-;/m0./s1. The lowest BCUT2D eigenvalue weighted by Crippen LogP contribution is -2.45. The minimum absolute atomic E-state index is 0. The Labute approximate surface area is 239 Å². The Morgan fingerprint density at radius 2 is 1.82 bits per heavy atom. The molecule has 0 radical (unpaired) electrons. The Bertz CT molecular complexity index is 1380. The Hall–Kier alpha value is -4.21. The second-order valence-electron chi connectivity index (χ2n) is 8.90. The maximum Gasteiger partial charge on any atom is 0.240 e. The van der Waals surface area contributed by atoms with Gasteiger partial charge in [0.25, 0.3) is 0 Å². The number of benzene rings is 2. The molecule has 0 saturated heterocycles. The lowest BCUT2D eigenvalue weighted by atomic mass is 10.1. The zero-order valence-electron chi connectivity index (χ0n) is 21.3. The van der Waals surface area contributed by atoms with Gasteiger partial charge in [0.1, 0.15) is 11.7 Å². The summed E-state index contributed by atoms with van der Waals surface area (Å²) in [7, 11) is 0. The molecule has 2 heterocycles. The van der Waals surface area contributed by atoms with E-state index in [9.17, 15) is 14.7 Å². The number of carbonyl (C=O) groups excluding carboxylic acids is 2. The number of primary amides is 1. The van der Waals surface area contributed by atoms with Gasteiger partial charge >= 0.3 is 0 Å². The summed E-state index contributed by atoms with van der Waals surface area (Å²) in [6.45, 7) is 0.103. The summed E-state index contributed by atoms with van der Waals surface area (Å²) >= 11 is 6.08. The van der Waals surface area contributed by atoms with Gasteiger partial charge in [-0.3, -0.25) is 14.6 Å². The van der Waals surface area contributed by atoms with E-state index < -0.39 is 11.9 Å². The second kappa shape index (κ2) is 14.8. The van der Waals surface area contributed by atoms with Crippen LogP contribution in [0.5, 0.6) is 5.88 Å². The fraction of sp³-hybridized carbons (Fsp3) is 0.267. The Morgan fingerprint density at radius 1 is 1.07 bits per heavy atom. The zero-order chi connectivity index (χ0) is 27.6. The maximum atomic E-state index is 12.6. The van der Waals surface area contributed by atoms with Crippen LogP contribution in [0, 0.1) is 0 Å². The molecule has 0 spiro atoms. The molecule has 0 aliphatic rings. The van der Waals surface area contributed by atoms with Crippen LogP contribution in [-0.2, 0) is 22.4 Å². The van der Waals surface area contributed by atoms with Crippen LogP contribution < -0.4 is 15.8 Å². The van der Waals surface area contributed by atoms with Crippen LogP contribution in [0.1, 0.15) is 31.4 Å². The molecule has 2 amide bonds. The Balaban J connectivity index is 0.00000441. The largest absolute Gasteiger partial charge is 0.477 e. The van der Waals surface area contributed by atoms with Crippen LogP contribution in [0.4, 0.5) is 0 Å². The van der Waals surface area contributed by atoms with Gasteiger partial charge in [-0.15, -0.1) is 0 Å². The molecule has 2 aromatic heterocycles. The predicted molar refractivity (Wildman–Crippen MR) is 155 cm³/mol. The molecular weight excluding hydrogens is 530 g/mol. The third-order valence-electron chi connectivity index (χ3n) is 6.05. The van der Waals surface area contributed by atoms with E-state index in [-0.39, 0.29) is 33.0 Å². The third kappa shape index (κ3) is 7.91. The van der Waals surface area contributed by atoms with Gasteiger partial charge in [-0.25, -0.2) is 4.68 Å². The number of nitrogens with one attached hydrogen (secondary N) is 1. The van der Waals surface area contributed by atoms with Crippen LogP contribution >= 0.6 is 11.6 Å². The molecule has 0 fully saturated rings. The SMILES string of the molecule is C.NC(=O)[C@H](Cc1ccccc1)NC(=O)CCCOc1c(CCO)c(-c2cccnc2)nn1-c1ccc(Cl)cc1. The van der Waals surface area contributed by atoms with Crippen molar-refractivity contribution in [3.63, 3.8) is 0 Å². The first-order chi connectivity index (χ1) is 19.0. The minimum Gasteiger partial charge on any atom is -0.477 e. The van der Waals surface area contributed by atoms with Gasteiger partial charge in [-0.05, 0) is 48.4 Å². The maximum absolute atomic E-state index is 12.6. The highest BCUT2D eigenvalue weighted by Crippen LogP contribution is 2.33. The number of ether oxygens (including phenoxy) is 1. The molecule has 210 valence electrons. The van der Waals surface area contributed by atoms with Gasteiger partial charge in [-0.2, -0.15) is 5.10 Å². The molecule has 0 bridgehead atoms. The molecule has 0 aliphatic carbocycles. The summed E-state index contributed by atoms with van der Waals surface area (Å²) in [5, 5.41) is 17.9. The number of nitrogens with two attached hydrogens (primary N) is 1. The van der Waals surface area contributed by atoms with E-state index in [4.69, 9.17) is 27.2 Å². The number of halogens is 1. The molecule has 4 aromatic rings. The van der Waals surface area contributed by atoms with Crippen molar-refractivity contribution in [3.05, 3.63) is 95.3 Å². The molecule has 0 saturated carbocycles. The quantitative estimate of drug-likeness (QED) is 0.210. The van der Waals surface area contributed by atoms with Crippen molar-refractivity contribution in [3.8, 4) is 22.8 Å². The highest BCUT2D eigenvalue weighted by molar-refractivity contribution is 6.30. The fourth-order valence-corrected chi connectivity index (χ4v) is 4.28.